The average Bonchev–Trinajstić information content (AvgIpc) is 3.00. The first kappa shape index (κ1) is 26.2. The topological polar surface area (TPSA) is 79.8 Å². The van der Waals surface area contributed by atoms with Gasteiger partial charge >= 0.3 is 0 Å². The number of nitriles is 2. The smallest absolute Gasteiger partial charge is 0.177 e. The maximum Gasteiger partial charge on any atom is 0.177 e. The number of rotatable bonds is 6. The molecule has 5 aromatic rings. The van der Waals surface area contributed by atoms with Gasteiger partial charge in [0.1, 0.15) is 12.1 Å². The monoisotopic (exact) mass is 520 g/mol. The van der Waals surface area contributed by atoms with E-state index in [0.29, 0.717) is 11.4 Å². The fraction of sp³-hybridized carbons (Fsp3) is 0.118. The van der Waals surface area contributed by atoms with Gasteiger partial charge in [-0.15, -0.1) is 0 Å². The second kappa shape index (κ2) is 11.1. The van der Waals surface area contributed by atoms with E-state index in [0.717, 1.165) is 44.8 Å². The van der Waals surface area contributed by atoms with Crippen LogP contribution in [0.2, 0.25) is 0 Å². The van der Waals surface area contributed by atoms with Crippen LogP contribution in [0.25, 0.3) is 44.8 Å². The van der Waals surface area contributed by atoms with Crippen LogP contribution >= 0.6 is 0 Å². The third-order valence-corrected chi connectivity index (χ3v) is 6.86. The van der Waals surface area contributed by atoms with E-state index in [4.69, 9.17) is 0 Å². The maximum absolute atomic E-state index is 9.64. The van der Waals surface area contributed by atoms with Crippen molar-refractivity contribution in [1.29, 1.82) is 10.5 Å². The Morgan fingerprint density at radius 2 is 0.675 bits per heavy atom. The van der Waals surface area contributed by atoms with E-state index in [1.54, 1.807) is 0 Å². The summed E-state index contributed by atoms with van der Waals surface area (Å²) in [4.78, 5) is 13.3. The lowest BCUT2D eigenvalue weighted by Gasteiger charge is -2.14. The molecule has 6 heteroatoms. The summed E-state index contributed by atoms with van der Waals surface area (Å²) in [5, 5.41) is 19.3. The van der Waals surface area contributed by atoms with Crippen molar-refractivity contribution >= 4 is 11.4 Å². The largest absolute Gasteiger partial charge is 0.378 e. The van der Waals surface area contributed by atoms with Gasteiger partial charge in [-0.05, 0) is 46.5 Å². The van der Waals surface area contributed by atoms with Gasteiger partial charge in [0.2, 0.25) is 0 Å². The highest BCUT2D eigenvalue weighted by Gasteiger charge is 2.17. The van der Waals surface area contributed by atoms with Crippen molar-refractivity contribution in [3.05, 3.63) is 108 Å². The molecule has 1 heterocycles. The van der Waals surface area contributed by atoms with Gasteiger partial charge in [0.15, 0.2) is 11.4 Å². The van der Waals surface area contributed by atoms with Crippen LogP contribution in [0, 0.1) is 22.7 Å². The third kappa shape index (κ3) is 5.25. The Kier molecular flexibility index (Phi) is 7.27. The van der Waals surface area contributed by atoms with Gasteiger partial charge in [0.05, 0.1) is 11.4 Å². The van der Waals surface area contributed by atoms with Crippen molar-refractivity contribution in [3.8, 4) is 56.9 Å². The molecule has 4 aromatic carbocycles. The van der Waals surface area contributed by atoms with E-state index in [1.165, 1.54) is 0 Å². The molecule has 194 valence electrons. The summed E-state index contributed by atoms with van der Waals surface area (Å²) < 4.78 is 0. The normalized spacial score (nSPS) is 10.4. The van der Waals surface area contributed by atoms with Gasteiger partial charge in [-0.1, -0.05) is 72.8 Å². The van der Waals surface area contributed by atoms with Crippen molar-refractivity contribution < 1.29 is 0 Å². The Morgan fingerprint density at radius 3 is 0.925 bits per heavy atom. The molecule has 5 rings (SSSR count). The molecule has 0 fully saturated rings. The van der Waals surface area contributed by atoms with Crippen LogP contribution in [-0.4, -0.2) is 38.2 Å². The van der Waals surface area contributed by atoms with Crippen LogP contribution in [0.4, 0.5) is 11.4 Å². The summed E-state index contributed by atoms with van der Waals surface area (Å²) >= 11 is 0. The van der Waals surface area contributed by atoms with Crippen LogP contribution in [0.3, 0.4) is 0 Å². The molecule has 6 nitrogen and oxygen atoms in total. The predicted molar refractivity (Wildman–Crippen MR) is 162 cm³/mol. The maximum atomic E-state index is 9.64. The molecule has 0 amide bonds. The quantitative estimate of drug-likeness (QED) is 0.239. The second-order valence-electron chi connectivity index (χ2n) is 9.88. The van der Waals surface area contributed by atoms with Gasteiger partial charge in [0, 0.05) is 50.7 Å². The highest BCUT2D eigenvalue weighted by atomic mass is 15.1. The van der Waals surface area contributed by atoms with Gasteiger partial charge in [0.25, 0.3) is 0 Å². The molecular formula is C34H28N6. The van der Waals surface area contributed by atoms with Gasteiger partial charge < -0.3 is 9.80 Å². The first-order valence-electron chi connectivity index (χ1n) is 12.9. The molecule has 0 aliphatic heterocycles. The standard InChI is InChI=1S/C34H28N6/c1-39(2)29-17-13-25(14-18-29)23-5-9-27(10-6-23)33-34(38-32(22-36)31(21-35)37-33)28-11-7-24(8-12-28)26-15-19-30(20-16-26)40(3)4/h5-20H,1-4H3. The third-order valence-electron chi connectivity index (χ3n) is 6.86. The van der Waals surface area contributed by atoms with Crippen LogP contribution in [0.1, 0.15) is 11.4 Å². The number of hydrogen-bond donors (Lipinski definition) is 0. The van der Waals surface area contributed by atoms with Gasteiger partial charge in [-0.25, -0.2) is 9.97 Å². The Balaban J connectivity index is 1.52. The number of anilines is 2. The lowest BCUT2D eigenvalue weighted by atomic mass is 9.98. The van der Waals surface area contributed by atoms with E-state index in [-0.39, 0.29) is 11.4 Å². The van der Waals surface area contributed by atoms with E-state index in [2.05, 4.69) is 68.3 Å². The molecule has 0 radical (unpaired) electrons. The van der Waals surface area contributed by atoms with E-state index >= 15 is 0 Å². The lowest BCUT2D eigenvalue weighted by molar-refractivity contribution is 1.13. The summed E-state index contributed by atoms with van der Waals surface area (Å²) in [6, 6.07) is 36.9. The first-order chi connectivity index (χ1) is 19.4. The first-order valence-corrected chi connectivity index (χ1v) is 12.9. The highest BCUT2D eigenvalue weighted by Crippen LogP contribution is 2.33. The minimum atomic E-state index is 0.0159. The fourth-order valence-electron chi connectivity index (χ4n) is 4.54. The predicted octanol–water partition coefficient (Wildman–Crippen LogP) is 7.02. The number of benzene rings is 4. The van der Waals surface area contributed by atoms with Crippen molar-refractivity contribution in [3.63, 3.8) is 0 Å². The van der Waals surface area contributed by atoms with Gasteiger partial charge in [-0.3, -0.25) is 0 Å². The van der Waals surface area contributed by atoms with Crippen LogP contribution < -0.4 is 9.80 Å². The Bertz CT molecular complexity index is 1590. The summed E-state index contributed by atoms with van der Waals surface area (Å²) in [7, 11) is 8.08. The Labute approximate surface area is 235 Å². The zero-order valence-electron chi connectivity index (χ0n) is 22.9. The number of nitrogens with zero attached hydrogens (tertiary/aromatic N) is 6. The van der Waals surface area contributed by atoms with Gasteiger partial charge in [-0.2, -0.15) is 10.5 Å². The molecule has 0 saturated heterocycles. The van der Waals surface area contributed by atoms with E-state index in [1.807, 2.05) is 88.9 Å². The minimum absolute atomic E-state index is 0.0159. The summed E-state index contributed by atoms with van der Waals surface area (Å²) in [5.74, 6) is 0. The zero-order valence-corrected chi connectivity index (χ0v) is 22.9. The summed E-state index contributed by atoms with van der Waals surface area (Å²) in [6.45, 7) is 0. The zero-order chi connectivity index (χ0) is 28.2. The molecule has 0 aliphatic carbocycles. The molecule has 0 saturated carbocycles. The Morgan fingerprint density at radius 1 is 0.425 bits per heavy atom. The molecular weight excluding hydrogens is 492 g/mol. The van der Waals surface area contributed by atoms with E-state index < -0.39 is 0 Å². The van der Waals surface area contributed by atoms with Crippen molar-refractivity contribution in [2.24, 2.45) is 0 Å². The molecule has 0 atom stereocenters. The summed E-state index contributed by atoms with van der Waals surface area (Å²) in [6.07, 6.45) is 0. The molecule has 0 spiro atoms. The van der Waals surface area contributed by atoms with Crippen molar-refractivity contribution in [1.82, 2.24) is 9.97 Å². The SMILES string of the molecule is CN(C)c1ccc(-c2ccc(-c3nc(C#N)c(C#N)nc3-c3ccc(-c4ccc(N(C)C)cc4)cc3)cc2)cc1. The molecule has 0 aliphatic rings. The second-order valence-corrected chi connectivity index (χ2v) is 9.88. The molecule has 0 N–H and O–H groups in total. The number of hydrogen-bond acceptors (Lipinski definition) is 6. The molecule has 40 heavy (non-hydrogen) atoms. The van der Waals surface area contributed by atoms with E-state index in [9.17, 15) is 10.5 Å². The minimum Gasteiger partial charge on any atom is -0.378 e. The van der Waals surface area contributed by atoms with Crippen LogP contribution in [0.15, 0.2) is 97.1 Å². The van der Waals surface area contributed by atoms with Crippen LogP contribution in [-0.2, 0) is 0 Å². The molecule has 0 unspecified atom stereocenters. The van der Waals surface area contributed by atoms with Crippen molar-refractivity contribution in [2.75, 3.05) is 38.0 Å². The average molecular weight is 521 g/mol. The van der Waals surface area contributed by atoms with Crippen molar-refractivity contribution in [2.45, 2.75) is 0 Å². The molecule has 1 aromatic heterocycles. The lowest BCUT2D eigenvalue weighted by Crippen LogP contribution is -2.07. The highest BCUT2D eigenvalue weighted by molar-refractivity contribution is 5.81. The summed E-state index contributed by atoms with van der Waals surface area (Å²) in [5.41, 5.74) is 9.43. The number of aromatic nitrogens is 2. The molecule has 0 bridgehead atoms. The fourth-order valence-corrected chi connectivity index (χ4v) is 4.54. The van der Waals surface area contributed by atoms with Crippen LogP contribution in [0.5, 0.6) is 0 Å². The Hall–Kier alpha value is -5.46.